The minimum Gasteiger partial charge on any atom is -0.504 e. The monoisotopic (exact) mass is 344 g/mol. The molecule has 1 heterocycles. The quantitative estimate of drug-likeness (QED) is 0.779. The average molecular weight is 344 g/mol. The van der Waals surface area contributed by atoms with E-state index in [2.05, 4.69) is 11.1 Å². The molecule has 1 aromatic heterocycles. The fourth-order valence-corrected chi connectivity index (χ4v) is 2.65. The van der Waals surface area contributed by atoms with Crippen LogP contribution < -0.4 is 10.2 Å². The van der Waals surface area contributed by atoms with Gasteiger partial charge in [-0.1, -0.05) is 42.5 Å². The van der Waals surface area contributed by atoms with E-state index in [4.69, 9.17) is 4.74 Å². The normalized spacial score (nSPS) is 10.2. The first-order chi connectivity index (χ1) is 12.7. The van der Waals surface area contributed by atoms with Gasteiger partial charge in [-0.2, -0.15) is 5.26 Å². The molecule has 5 heteroatoms. The van der Waals surface area contributed by atoms with Gasteiger partial charge in [0.05, 0.1) is 12.3 Å². The fourth-order valence-electron chi connectivity index (χ4n) is 2.65. The molecule has 0 radical (unpaired) electrons. The molecule has 3 rings (SSSR count). The first-order valence-corrected chi connectivity index (χ1v) is 8.11. The first-order valence-electron chi connectivity index (χ1n) is 8.11. The van der Waals surface area contributed by atoms with E-state index in [-0.39, 0.29) is 11.4 Å². The zero-order valence-corrected chi connectivity index (χ0v) is 14.1. The standard InChI is InChI=1S/C21H16N2O3/c1-2-26-21-17(13-22)16(14-8-4-3-5-9-14)12-18(23-21)15-10-6-7-11-19(24)20(15)25/h3-12H,2H2,1H3,(H,24,25). The third-order valence-corrected chi connectivity index (χ3v) is 3.85. The van der Waals surface area contributed by atoms with Gasteiger partial charge in [-0.25, -0.2) is 4.98 Å². The molecule has 128 valence electrons. The lowest BCUT2D eigenvalue weighted by Crippen LogP contribution is -2.02. The number of rotatable bonds is 4. The van der Waals surface area contributed by atoms with Gasteiger partial charge in [0.2, 0.25) is 11.3 Å². The number of hydrogen-bond acceptors (Lipinski definition) is 5. The number of ether oxygens (including phenoxy) is 1. The van der Waals surface area contributed by atoms with Gasteiger partial charge in [-0.15, -0.1) is 0 Å². The van der Waals surface area contributed by atoms with Crippen LogP contribution in [0.1, 0.15) is 12.5 Å². The van der Waals surface area contributed by atoms with Crippen LogP contribution in [0, 0.1) is 11.3 Å². The van der Waals surface area contributed by atoms with E-state index in [9.17, 15) is 15.2 Å². The lowest BCUT2D eigenvalue weighted by molar-refractivity contribution is 0.326. The summed E-state index contributed by atoms with van der Waals surface area (Å²) in [7, 11) is 0. The highest BCUT2D eigenvalue weighted by Crippen LogP contribution is 2.34. The number of aromatic hydroxyl groups is 1. The highest BCUT2D eigenvalue weighted by Gasteiger charge is 2.18. The summed E-state index contributed by atoms with van der Waals surface area (Å²) in [5.41, 5.74) is 1.88. The summed E-state index contributed by atoms with van der Waals surface area (Å²) in [5.74, 6) is -0.224. The summed E-state index contributed by atoms with van der Waals surface area (Å²) in [6.45, 7) is 2.13. The Morgan fingerprint density at radius 1 is 1.08 bits per heavy atom. The minimum absolute atomic E-state index is 0.171. The molecule has 1 N–H and O–H groups in total. The number of nitriles is 1. The Morgan fingerprint density at radius 2 is 1.77 bits per heavy atom. The van der Waals surface area contributed by atoms with E-state index in [1.807, 2.05) is 30.3 Å². The molecule has 0 fully saturated rings. The fraction of sp³-hybridized carbons (Fsp3) is 0.0952. The van der Waals surface area contributed by atoms with E-state index in [0.717, 1.165) is 5.56 Å². The molecular formula is C21H16N2O3. The highest BCUT2D eigenvalue weighted by atomic mass is 16.5. The van der Waals surface area contributed by atoms with Crippen LogP contribution in [0.2, 0.25) is 0 Å². The maximum atomic E-state index is 11.9. The molecule has 0 aliphatic carbocycles. The Kier molecular flexibility index (Phi) is 4.95. The van der Waals surface area contributed by atoms with Crippen molar-refractivity contribution in [1.82, 2.24) is 4.98 Å². The van der Waals surface area contributed by atoms with Crippen LogP contribution in [-0.2, 0) is 0 Å². The van der Waals surface area contributed by atoms with Gasteiger partial charge in [0.15, 0.2) is 5.75 Å². The van der Waals surface area contributed by atoms with Crippen molar-refractivity contribution in [3.63, 3.8) is 0 Å². The van der Waals surface area contributed by atoms with Crippen molar-refractivity contribution in [2.45, 2.75) is 6.92 Å². The van der Waals surface area contributed by atoms with Gasteiger partial charge in [0.25, 0.3) is 0 Å². The Hall–Kier alpha value is -3.65. The van der Waals surface area contributed by atoms with E-state index < -0.39 is 11.2 Å². The third kappa shape index (κ3) is 3.26. The predicted molar refractivity (Wildman–Crippen MR) is 98.9 cm³/mol. The zero-order valence-electron chi connectivity index (χ0n) is 14.1. The summed E-state index contributed by atoms with van der Waals surface area (Å²) < 4.78 is 5.55. The Labute approximate surface area is 150 Å². The molecule has 3 aromatic rings. The van der Waals surface area contributed by atoms with Crippen molar-refractivity contribution < 1.29 is 9.84 Å². The molecule has 0 spiro atoms. The minimum atomic E-state index is -0.504. The van der Waals surface area contributed by atoms with E-state index in [1.165, 1.54) is 6.07 Å². The van der Waals surface area contributed by atoms with Crippen LogP contribution in [0.4, 0.5) is 0 Å². The maximum absolute atomic E-state index is 11.9. The van der Waals surface area contributed by atoms with E-state index in [1.54, 1.807) is 31.2 Å². The van der Waals surface area contributed by atoms with Crippen molar-refractivity contribution >= 4 is 0 Å². The number of pyridine rings is 1. The smallest absolute Gasteiger partial charge is 0.232 e. The second kappa shape index (κ2) is 7.49. The molecule has 0 amide bonds. The first kappa shape index (κ1) is 17.2. The molecule has 0 unspecified atom stereocenters. The second-order valence-electron chi connectivity index (χ2n) is 5.49. The van der Waals surface area contributed by atoms with Crippen molar-refractivity contribution in [3.8, 4) is 40.1 Å². The van der Waals surface area contributed by atoms with Gasteiger partial charge in [-0.05, 0) is 30.7 Å². The highest BCUT2D eigenvalue weighted by molar-refractivity contribution is 5.79. The molecule has 0 aliphatic rings. The van der Waals surface area contributed by atoms with Crippen molar-refractivity contribution in [2.24, 2.45) is 0 Å². The molecule has 0 atom stereocenters. The van der Waals surface area contributed by atoms with E-state index in [0.29, 0.717) is 23.4 Å². The Morgan fingerprint density at radius 3 is 2.46 bits per heavy atom. The molecular weight excluding hydrogens is 328 g/mol. The van der Waals surface area contributed by atoms with Crippen LogP contribution >= 0.6 is 0 Å². The van der Waals surface area contributed by atoms with Crippen LogP contribution in [0.5, 0.6) is 11.6 Å². The van der Waals surface area contributed by atoms with E-state index >= 15 is 0 Å². The second-order valence-corrected chi connectivity index (χ2v) is 5.49. The lowest BCUT2D eigenvalue weighted by atomic mass is 9.99. The molecule has 2 aromatic carbocycles. The number of benzene rings is 1. The summed E-state index contributed by atoms with van der Waals surface area (Å²) in [6.07, 6.45) is 0. The summed E-state index contributed by atoms with van der Waals surface area (Å²) in [5, 5.41) is 19.9. The van der Waals surface area contributed by atoms with Gasteiger partial charge in [0, 0.05) is 11.1 Å². The van der Waals surface area contributed by atoms with Gasteiger partial charge in [-0.3, -0.25) is 4.79 Å². The predicted octanol–water partition coefficient (Wildman–Crippen LogP) is 3.75. The van der Waals surface area contributed by atoms with Gasteiger partial charge < -0.3 is 9.84 Å². The molecule has 0 saturated carbocycles. The molecule has 0 aliphatic heterocycles. The van der Waals surface area contributed by atoms with Crippen molar-refractivity contribution in [3.05, 3.63) is 76.5 Å². The number of hydrogen-bond donors (Lipinski definition) is 1. The van der Waals surface area contributed by atoms with Gasteiger partial charge >= 0.3 is 0 Å². The van der Waals surface area contributed by atoms with Crippen LogP contribution in [0.3, 0.4) is 0 Å². The maximum Gasteiger partial charge on any atom is 0.232 e. The van der Waals surface area contributed by atoms with Crippen molar-refractivity contribution in [2.75, 3.05) is 6.61 Å². The Bertz CT molecular complexity index is 1040. The SMILES string of the molecule is CCOc1nc(-c2ccccc(=O)c2O)cc(-c2ccccc2)c1C#N. The van der Waals surface area contributed by atoms with Gasteiger partial charge in [0.1, 0.15) is 11.6 Å². The topological polar surface area (TPSA) is 83.2 Å². The molecule has 0 saturated heterocycles. The summed E-state index contributed by atoms with van der Waals surface area (Å²) in [6, 6.07) is 19.3. The number of nitrogens with zero attached hydrogens (tertiary/aromatic N) is 2. The Balaban J connectivity index is 2.34. The van der Waals surface area contributed by atoms with Crippen LogP contribution in [-0.4, -0.2) is 16.7 Å². The van der Waals surface area contributed by atoms with Crippen LogP contribution in [0.15, 0.2) is 65.5 Å². The van der Waals surface area contributed by atoms with Crippen LogP contribution in [0.25, 0.3) is 22.4 Å². The lowest BCUT2D eigenvalue weighted by Gasteiger charge is -2.12. The molecule has 0 bridgehead atoms. The summed E-state index contributed by atoms with van der Waals surface area (Å²) >= 11 is 0. The third-order valence-electron chi connectivity index (χ3n) is 3.85. The largest absolute Gasteiger partial charge is 0.504 e. The van der Waals surface area contributed by atoms with Crippen molar-refractivity contribution in [1.29, 1.82) is 5.26 Å². The molecule has 5 nitrogen and oxygen atoms in total. The number of aromatic nitrogens is 1. The summed E-state index contributed by atoms with van der Waals surface area (Å²) in [4.78, 5) is 16.3. The molecule has 26 heavy (non-hydrogen) atoms. The zero-order chi connectivity index (χ0) is 18.5. The average Bonchev–Trinajstić information content (AvgIpc) is 2.83.